The van der Waals surface area contributed by atoms with Crippen molar-refractivity contribution in [2.45, 2.75) is 6.92 Å². The van der Waals surface area contributed by atoms with E-state index in [9.17, 15) is 4.79 Å². The van der Waals surface area contributed by atoms with Gasteiger partial charge in [0.1, 0.15) is 11.5 Å². The van der Waals surface area contributed by atoms with Gasteiger partial charge in [0.25, 0.3) is 0 Å². The van der Waals surface area contributed by atoms with Crippen molar-refractivity contribution in [3.8, 4) is 22.7 Å². The van der Waals surface area contributed by atoms with Gasteiger partial charge in [-0.25, -0.2) is 9.97 Å². The molecule has 0 fully saturated rings. The van der Waals surface area contributed by atoms with E-state index in [0.29, 0.717) is 22.9 Å². The number of aromatic nitrogens is 4. The largest absolute Gasteiger partial charge is 0.460 e. The van der Waals surface area contributed by atoms with Crippen molar-refractivity contribution < 1.29 is 4.42 Å². The second-order valence-corrected chi connectivity index (χ2v) is 5.17. The quantitative estimate of drug-likeness (QED) is 0.591. The summed E-state index contributed by atoms with van der Waals surface area (Å²) in [5.41, 5.74) is 8.52. The average molecular weight is 307 g/mol. The number of furan rings is 1. The molecular formula is C16H13N5O2. The predicted molar refractivity (Wildman–Crippen MR) is 85.9 cm³/mol. The van der Waals surface area contributed by atoms with Gasteiger partial charge in [-0.1, -0.05) is 0 Å². The minimum atomic E-state index is -0.172. The number of nitrogens with two attached hydrogens (primary N) is 1. The number of hydrogen-bond donors (Lipinski definition) is 2. The monoisotopic (exact) mass is 307 g/mol. The molecule has 0 aromatic carbocycles. The Morgan fingerprint density at radius 3 is 2.83 bits per heavy atom. The second-order valence-electron chi connectivity index (χ2n) is 5.17. The number of nitrogens with zero attached hydrogens (tertiary/aromatic N) is 3. The molecule has 4 rings (SSSR count). The molecule has 4 aromatic rings. The Hall–Kier alpha value is -3.35. The zero-order valence-corrected chi connectivity index (χ0v) is 12.3. The summed E-state index contributed by atoms with van der Waals surface area (Å²) < 4.78 is 7.55. The first-order chi connectivity index (χ1) is 11.1. The minimum absolute atomic E-state index is 0.172. The minimum Gasteiger partial charge on any atom is -0.460 e. The van der Waals surface area contributed by atoms with Gasteiger partial charge in [0, 0.05) is 30.2 Å². The van der Waals surface area contributed by atoms with Gasteiger partial charge in [0.2, 0.25) is 5.56 Å². The lowest BCUT2D eigenvalue weighted by molar-refractivity contribution is 0.546. The van der Waals surface area contributed by atoms with Gasteiger partial charge in [0.15, 0.2) is 17.2 Å². The summed E-state index contributed by atoms with van der Waals surface area (Å²) in [5.74, 6) is 1.69. The summed E-state index contributed by atoms with van der Waals surface area (Å²) >= 11 is 0. The Balaban J connectivity index is 2.10. The number of H-pyrrole nitrogens is 1. The van der Waals surface area contributed by atoms with Crippen LogP contribution in [-0.2, 0) is 0 Å². The van der Waals surface area contributed by atoms with Crippen LogP contribution in [0.25, 0.3) is 28.4 Å². The first-order valence-corrected chi connectivity index (χ1v) is 7.02. The fraction of sp³-hybridized carbons (Fsp3) is 0.0625. The molecular weight excluding hydrogens is 294 g/mol. The van der Waals surface area contributed by atoms with Crippen LogP contribution in [0.1, 0.15) is 5.76 Å². The molecule has 0 saturated heterocycles. The van der Waals surface area contributed by atoms with Gasteiger partial charge in [0.05, 0.1) is 5.69 Å². The molecule has 7 heteroatoms. The van der Waals surface area contributed by atoms with E-state index in [0.717, 1.165) is 17.0 Å². The highest BCUT2D eigenvalue weighted by Gasteiger charge is 2.18. The Kier molecular flexibility index (Phi) is 2.80. The molecule has 114 valence electrons. The number of pyridine rings is 1. The number of anilines is 1. The summed E-state index contributed by atoms with van der Waals surface area (Å²) in [5, 5.41) is 0. The topological polar surface area (TPSA) is 102 Å². The maximum absolute atomic E-state index is 11.4. The average Bonchev–Trinajstić information content (AvgIpc) is 3.17. The van der Waals surface area contributed by atoms with Gasteiger partial charge in [-0.05, 0) is 25.1 Å². The third-order valence-corrected chi connectivity index (χ3v) is 3.60. The molecule has 23 heavy (non-hydrogen) atoms. The van der Waals surface area contributed by atoms with Crippen LogP contribution in [0.2, 0.25) is 0 Å². The lowest BCUT2D eigenvalue weighted by atomic mass is 10.1. The maximum atomic E-state index is 11.4. The Morgan fingerprint density at radius 1 is 1.26 bits per heavy atom. The molecule has 0 atom stereocenters. The van der Waals surface area contributed by atoms with Crippen LogP contribution >= 0.6 is 0 Å². The van der Waals surface area contributed by atoms with Crippen LogP contribution in [0.5, 0.6) is 0 Å². The third kappa shape index (κ3) is 2.10. The Labute approximate surface area is 130 Å². The van der Waals surface area contributed by atoms with Crippen molar-refractivity contribution in [2.24, 2.45) is 0 Å². The standard InChI is InChI=1S/C16H13N5O2/c1-9-2-4-11(23-9)13-14(10-3-5-12(22)19-8-10)21-7-6-18-16(21)15(17)20-13/h2-8H,1H3,(H2,17,20)(H,19,22). The molecule has 0 amide bonds. The molecule has 0 bridgehead atoms. The van der Waals surface area contributed by atoms with E-state index in [2.05, 4.69) is 15.0 Å². The van der Waals surface area contributed by atoms with Gasteiger partial charge < -0.3 is 15.1 Å². The van der Waals surface area contributed by atoms with Gasteiger partial charge in [-0.3, -0.25) is 9.20 Å². The van der Waals surface area contributed by atoms with Crippen LogP contribution in [0.4, 0.5) is 5.82 Å². The van der Waals surface area contributed by atoms with Crippen molar-refractivity contribution in [1.29, 1.82) is 0 Å². The summed E-state index contributed by atoms with van der Waals surface area (Å²) in [6, 6.07) is 6.90. The van der Waals surface area contributed by atoms with E-state index in [1.54, 1.807) is 24.7 Å². The Bertz CT molecular complexity index is 1050. The van der Waals surface area contributed by atoms with Crippen molar-refractivity contribution >= 4 is 11.5 Å². The van der Waals surface area contributed by atoms with Gasteiger partial charge in [-0.2, -0.15) is 0 Å². The van der Waals surface area contributed by atoms with E-state index < -0.39 is 0 Å². The molecule has 7 nitrogen and oxygen atoms in total. The number of fused-ring (bicyclic) bond motifs is 1. The first-order valence-electron chi connectivity index (χ1n) is 7.02. The van der Waals surface area contributed by atoms with Crippen LogP contribution in [-0.4, -0.2) is 19.4 Å². The van der Waals surface area contributed by atoms with Crippen LogP contribution in [0.15, 0.2) is 52.1 Å². The Morgan fingerprint density at radius 2 is 2.13 bits per heavy atom. The maximum Gasteiger partial charge on any atom is 0.247 e. The lowest BCUT2D eigenvalue weighted by Crippen LogP contribution is -2.06. The van der Waals surface area contributed by atoms with E-state index in [1.807, 2.05) is 23.5 Å². The summed E-state index contributed by atoms with van der Waals surface area (Å²) in [6.07, 6.45) is 5.08. The van der Waals surface area contributed by atoms with Crippen LogP contribution in [0, 0.1) is 6.92 Å². The van der Waals surface area contributed by atoms with E-state index in [-0.39, 0.29) is 5.56 Å². The van der Waals surface area contributed by atoms with Crippen LogP contribution in [0.3, 0.4) is 0 Å². The van der Waals surface area contributed by atoms with E-state index >= 15 is 0 Å². The second kappa shape index (κ2) is 4.84. The number of hydrogen-bond acceptors (Lipinski definition) is 5. The molecule has 3 N–H and O–H groups in total. The molecule has 0 spiro atoms. The fourth-order valence-electron chi connectivity index (χ4n) is 2.58. The van der Waals surface area contributed by atoms with Crippen molar-refractivity contribution in [3.63, 3.8) is 0 Å². The third-order valence-electron chi connectivity index (χ3n) is 3.60. The molecule has 0 radical (unpaired) electrons. The highest BCUT2D eigenvalue weighted by atomic mass is 16.3. The molecule has 0 aliphatic heterocycles. The normalized spacial score (nSPS) is 11.2. The fourth-order valence-corrected chi connectivity index (χ4v) is 2.58. The van der Waals surface area contributed by atoms with E-state index in [1.165, 1.54) is 6.07 Å². The number of aromatic amines is 1. The van der Waals surface area contributed by atoms with Gasteiger partial charge >= 0.3 is 0 Å². The molecule has 0 aliphatic carbocycles. The van der Waals surface area contributed by atoms with Crippen molar-refractivity contribution in [2.75, 3.05) is 5.73 Å². The number of nitrogen functional groups attached to an aromatic ring is 1. The van der Waals surface area contributed by atoms with Crippen LogP contribution < -0.4 is 11.3 Å². The number of nitrogens with one attached hydrogen (secondary N) is 1. The summed E-state index contributed by atoms with van der Waals surface area (Å²) in [6.45, 7) is 1.86. The molecule has 4 aromatic heterocycles. The number of imidazole rings is 1. The van der Waals surface area contributed by atoms with E-state index in [4.69, 9.17) is 10.2 Å². The zero-order valence-electron chi connectivity index (χ0n) is 12.3. The zero-order chi connectivity index (χ0) is 16.0. The predicted octanol–water partition coefficient (Wildman–Crippen LogP) is 2.24. The summed E-state index contributed by atoms with van der Waals surface area (Å²) in [4.78, 5) is 22.7. The highest BCUT2D eigenvalue weighted by molar-refractivity contribution is 5.81. The first kappa shape index (κ1) is 13.3. The molecule has 0 saturated carbocycles. The molecule has 0 unspecified atom stereocenters. The molecule has 0 aliphatic rings. The number of aryl methyl sites for hydroxylation is 1. The lowest BCUT2D eigenvalue weighted by Gasteiger charge is -2.11. The van der Waals surface area contributed by atoms with Crippen molar-refractivity contribution in [1.82, 2.24) is 19.4 Å². The van der Waals surface area contributed by atoms with Crippen molar-refractivity contribution in [3.05, 3.63) is 59.0 Å². The smallest absolute Gasteiger partial charge is 0.247 e. The number of rotatable bonds is 2. The SMILES string of the molecule is Cc1ccc(-c2nc(N)c3nccn3c2-c2ccc(=O)[nH]c2)o1. The molecule has 4 heterocycles. The summed E-state index contributed by atoms with van der Waals surface area (Å²) in [7, 11) is 0. The highest BCUT2D eigenvalue weighted by Crippen LogP contribution is 2.33. The van der Waals surface area contributed by atoms with Gasteiger partial charge in [-0.15, -0.1) is 0 Å².